The lowest BCUT2D eigenvalue weighted by atomic mass is 9.89. The van der Waals surface area contributed by atoms with Crippen molar-refractivity contribution in [2.45, 2.75) is 6.92 Å². The Morgan fingerprint density at radius 1 is 1.04 bits per heavy atom. The lowest BCUT2D eigenvalue weighted by molar-refractivity contribution is 0.0791. The molecule has 1 aliphatic rings. The van der Waals surface area contributed by atoms with Crippen LogP contribution in [0.2, 0.25) is 0 Å². The number of hydrogen-bond donors (Lipinski definition) is 0. The maximum atomic E-state index is 12.5. The summed E-state index contributed by atoms with van der Waals surface area (Å²) in [5, 5.41) is 0. The van der Waals surface area contributed by atoms with E-state index in [0.29, 0.717) is 11.1 Å². The number of ketones is 2. The van der Waals surface area contributed by atoms with Gasteiger partial charge in [-0.3, -0.25) is 14.4 Å². The summed E-state index contributed by atoms with van der Waals surface area (Å²) in [6.07, 6.45) is 1.29. The number of rotatable bonds is 2. The summed E-state index contributed by atoms with van der Waals surface area (Å²) in [6.45, 7) is 1.56. The Kier molecular flexibility index (Phi) is 3.48. The highest BCUT2D eigenvalue weighted by atomic mass is 16.4. The van der Waals surface area contributed by atoms with Crippen molar-refractivity contribution in [3.63, 3.8) is 0 Å². The molecule has 3 rings (SSSR count). The van der Waals surface area contributed by atoms with Crippen LogP contribution in [0.3, 0.4) is 0 Å². The predicted molar refractivity (Wildman–Crippen MR) is 84.6 cm³/mol. The number of furan rings is 1. The molecule has 2 aromatic rings. The third-order valence-corrected chi connectivity index (χ3v) is 3.72. The van der Waals surface area contributed by atoms with Crippen LogP contribution in [0.1, 0.15) is 38.2 Å². The summed E-state index contributed by atoms with van der Waals surface area (Å²) in [5.74, 6) is -0.949. The second-order valence-corrected chi connectivity index (χ2v) is 5.60. The summed E-state index contributed by atoms with van der Waals surface area (Å²) in [4.78, 5) is 38.6. The predicted octanol–water partition coefficient (Wildman–Crippen LogP) is 2.97. The minimum absolute atomic E-state index is 0.0625. The van der Waals surface area contributed by atoms with Crippen LogP contribution in [0.15, 0.2) is 46.4 Å². The summed E-state index contributed by atoms with van der Waals surface area (Å²) in [6, 6.07) is 8.97. The van der Waals surface area contributed by atoms with Gasteiger partial charge in [-0.15, -0.1) is 0 Å². The van der Waals surface area contributed by atoms with Crippen LogP contribution in [-0.2, 0) is 0 Å². The van der Waals surface area contributed by atoms with Gasteiger partial charge in [0.25, 0.3) is 5.91 Å². The molecular formula is C18H15NO4. The molecule has 0 radical (unpaired) electrons. The molecule has 1 aromatic carbocycles. The van der Waals surface area contributed by atoms with Crippen molar-refractivity contribution in [3.8, 4) is 11.3 Å². The topological polar surface area (TPSA) is 67.6 Å². The molecule has 0 atom stereocenters. The Labute approximate surface area is 133 Å². The van der Waals surface area contributed by atoms with Crippen LogP contribution in [0, 0.1) is 0 Å². The summed E-state index contributed by atoms with van der Waals surface area (Å²) >= 11 is 0. The normalized spacial score (nSPS) is 13.6. The van der Waals surface area contributed by atoms with Gasteiger partial charge in [0.05, 0.1) is 11.1 Å². The van der Waals surface area contributed by atoms with E-state index < -0.39 is 5.91 Å². The Hall–Kier alpha value is -2.95. The molecule has 1 heterocycles. The third-order valence-electron chi connectivity index (χ3n) is 3.72. The summed E-state index contributed by atoms with van der Waals surface area (Å²) in [7, 11) is 3.13. The van der Waals surface area contributed by atoms with E-state index in [9.17, 15) is 14.4 Å². The molecule has 5 nitrogen and oxygen atoms in total. The van der Waals surface area contributed by atoms with Crippen molar-refractivity contribution < 1.29 is 18.8 Å². The number of amides is 1. The Morgan fingerprint density at radius 3 is 2.30 bits per heavy atom. The molecule has 116 valence electrons. The van der Waals surface area contributed by atoms with Gasteiger partial charge in [0, 0.05) is 25.2 Å². The molecule has 0 spiro atoms. The van der Waals surface area contributed by atoms with Crippen LogP contribution in [0.5, 0.6) is 0 Å². The molecule has 1 amide bonds. The minimum Gasteiger partial charge on any atom is -0.449 e. The highest BCUT2D eigenvalue weighted by Gasteiger charge is 2.36. The van der Waals surface area contributed by atoms with E-state index in [4.69, 9.17) is 4.42 Å². The van der Waals surface area contributed by atoms with Gasteiger partial charge in [0.1, 0.15) is 5.76 Å². The molecule has 0 saturated carbocycles. The molecule has 0 aliphatic heterocycles. The molecule has 1 aromatic heterocycles. The molecule has 23 heavy (non-hydrogen) atoms. The fourth-order valence-corrected chi connectivity index (χ4v) is 2.56. The lowest BCUT2D eigenvalue weighted by Gasteiger charge is -2.11. The van der Waals surface area contributed by atoms with Gasteiger partial charge in [-0.1, -0.05) is 30.3 Å². The van der Waals surface area contributed by atoms with E-state index in [0.717, 1.165) is 0 Å². The SMILES string of the molecule is CC1=CC(=O)c2c(-c3ccccc3)oc(C(=O)N(C)C)c2C1=O. The molecule has 0 saturated heterocycles. The van der Waals surface area contributed by atoms with Crippen molar-refractivity contribution in [2.24, 2.45) is 0 Å². The molecule has 5 heteroatoms. The Bertz CT molecular complexity index is 857. The van der Waals surface area contributed by atoms with Gasteiger partial charge in [0.2, 0.25) is 5.76 Å². The third kappa shape index (κ3) is 2.30. The smallest absolute Gasteiger partial charge is 0.289 e. The number of allylic oxidation sites excluding steroid dienone is 2. The monoisotopic (exact) mass is 309 g/mol. The van der Waals surface area contributed by atoms with Crippen LogP contribution < -0.4 is 0 Å². The Morgan fingerprint density at radius 2 is 1.70 bits per heavy atom. The van der Waals surface area contributed by atoms with E-state index in [1.165, 1.54) is 11.0 Å². The van der Waals surface area contributed by atoms with E-state index in [1.54, 1.807) is 45.3 Å². The van der Waals surface area contributed by atoms with Gasteiger partial charge in [0.15, 0.2) is 11.6 Å². The molecule has 0 bridgehead atoms. The average molecular weight is 309 g/mol. The first-order chi connectivity index (χ1) is 10.9. The fraction of sp³-hybridized carbons (Fsp3) is 0.167. The van der Waals surface area contributed by atoms with Crippen molar-refractivity contribution in [1.29, 1.82) is 0 Å². The molecule has 0 unspecified atom stereocenters. The first kappa shape index (κ1) is 15.0. The first-order valence-electron chi connectivity index (χ1n) is 7.13. The maximum Gasteiger partial charge on any atom is 0.289 e. The molecular weight excluding hydrogens is 294 g/mol. The van der Waals surface area contributed by atoms with Gasteiger partial charge < -0.3 is 9.32 Å². The van der Waals surface area contributed by atoms with Crippen LogP contribution in [0.4, 0.5) is 0 Å². The summed E-state index contributed by atoms with van der Waals surface area (Å²) < 4.78 is 5.70. The fourth-order valence-electron chi connectivity index (χ4n) is 2.56. The number of nitrogens with zero attached hydrogens (tertiary/aromatic N) is 1. The van der Waals surface area contributed by atoms with Crippen molar-refractivity contribution in [3.05, 3.63) is 58.9 Å². The van der Waals surface area contributed by atoms with Gasteiger partial charge in [-0.25, -0.2) is 0 Å². The van der Waals surface area contributed by atoms with Crippen molar-refractivity contribution in [1.82, 2.24) is 4.90 Å². The number of Topliss-reactive ketones (excluding diaryl/α,β-unsaturated/α-hetero) is 1. The second-order valence-electron chi connectivity index (χ2n) is 5.60. The van der Waals surface area contributed by atoms with E-state index >= 15 is 0 Å². The van der Waals surface area contributed by atoms with Crippen molar-refractivity contribution in [2.75, 3.05) is 14.1 Å². The van der Waals surface area contributed by atoms with Gasteiger partial charge in [-0.2, -0.15) is 0 Å². The number of fused-ring (bicyclic) bond motifs is 1. The first-order valence-corrected chi connectivity index (χ1v) is 7.13. The second kappa shape index (κ2) is 5.35. The van der Waals surface area contributed by atoms with Crippen LogP contribution in [-0.4, -0.2) is 36.5 Å². The summed E-state index contributed by atoms with van der Waals surface area (Å²) in [5.41, 5.74) is 1.18. The largest absolute Gasteiger partial charge is 0.449 e. The van der Waals surface area contributed by atoms with Gasteiger partial charge in [-0.05, 0) is 13.0 Å². The minimum atomic E-state index is -0.445. The maximum absolute atomic E-state index is 12.5. The zero-order chi connectivity index (χ0) is 16.7. The van der Waals surface area contributed by atoms with Crippen LogP contribution in [0.25, 0.3) is 11.3 Å². The van der Waals surface area contributed by atoms with Gasteiger partial charge >= 0.3 is 0 Å². The molecule has 0 N–H and O–H groups in total. The lowest BCUT2D eigenvalue weighted by Crippen LogP contribution is -2.25. The quantitative estimate of drug-likeness (QED) is 0.855. The van der Waals surface area contributed by atoms with E-state index in [2.05, 4.69) is 0 Å². The standard InChI is InChI=1S/C18H15NO4/c1-10-9-12(20)13-14(15(10)21)17(18(22)19(2)3)23-16(13)11-7-5-4-6-8-11/h4-9H,1-3H3. The zero-order valence-electron chi connectivity index (χ0n) is 13.0. The van der Waals surface area contributed by atoms with E-state index in [-0.39, 0.29) is 34.2 Å². The van der Waals surface area contributed by atoms with E-state index in [1.807, 2.05) is 6.07 Å². The Balaban J connectivity index is 2.32. The number of hydrogen-bond acceptors (Lipinski definition) is 4. The number of benzene rings is 1. The number of carbonyl (C=O) groups is 3. The molecule has 0 fully saturated rings. The zero-order valence-corrected chi connectivity index (χ0v) is 13.0. The number of carbonyl (C=O) groups excluding carboxylic acids is 3. The highest BCUT2D eigenvalue weighted by Crippen LogP contribution is 2.36. The van der Waals surface area contributed by atoms with Crippen LogP contribution >= 0.6 is 0 Å². The molecule has 1 aliphatic carbocycles. The van der Waals surface area contributed by atoms with Crippen molar-refractivity contribution >= 4 is 17.5 Å². The average Bonchev–Trinajstić information content (AvgIpc) is 2.93. The highest BCUT2D eigenvalue weighted by molar-refractivity contribution is 6.28.